The summed E-state index contributed by atoms with van der Waals surface area (Å²) in [5.41, 5.74) is 1.07. The van der Waals surface area contributed by atoms with E-state index in [0.29, 0.717) is 4.88 Å². The van der Waals surface area contributed by atoms with Crippen LogP contribution in [0.25, 0.3) is 18.8 Å². The SMILES string of the molecule is CCCCCCCCCCc1c(C(=O)O)sc2c1sc1c(Br)csc12. The Kier molecular flexibility index (Phi) is 6.94. The topological polar surface area (TPSA) is 37.3 Å². The molecule has 0 fully saturated rings. The highest BCUT2D eigenvalue weighted by atomic mass is 79.9. The van der Waals surface area contributed by atoms with Gasteiger partial charge < -0.3 is 5.11 Å². The van der Waals surface area contributed by atoms with Gasteiger partial charge in [0.05, 0.1) is 18.8 Å². The Morgan fingerprint density at radius 1 is 0.960 bits per heavy atom. The number of carboxylic acid groups (broad SMARTS) is 1. The Labute approximate surface area is 169 Å². The molecule has 0 aliphatic heterocycles. The molecule has 0 aliphatic rings. The molecule has 136 valence electrons. The van der Waals surface area contributed by atoms with Gasteiger partial charge in [-0.1, -0.05) is 51.9 Å². The molecular formula is C19H23BrO2S3. The molecular weight excluding hydrogens is 436 g/mol. The van der Waals surface area contributed by atoms with Crippen molar-refractivity contribution < 1.29 is 9.90 Å². The Bertz CT molecular complexity index is 859. The summed E-state index contributed by atoms with van der Waals surface area (Å²) in [6.07, 6.45) is 11.1. The van der Waals surface area contributed by atoms with E-state index in [9.17, 15) is 9.90 Å². The van der Waals surface area contributed by atoms with Gasteiger partial charge in [0.15, 0.2) is 0 Å². The van der Waals surface area contributed by atoms with Gasteiger partial charge in [-0.3, -0.25) is 0 Å². The molecule has 0 unspecified atom stereocenters. The predicted molar refractivity (Wildman–Crippen MR) is 116 cm³/mol. The van der Waals surface area contributed by atoms with Crippen LogP contribution in [0.3, 0.4) is 0 Å². The Hall–Kier alpha value is -0.430. The fourth-order valence-electron chi connectivity index (χ4n) is 3.22. The number of carboxylic acids is 1. The lowest BCUT2D eigenvalue weighted by molar-refractivity contribution is 0.0701. The van der Waals surface area contributed by atoms with Crippen molar-refractivity contribution in [2.75, 3.05) is 0 Å². The fourth-order valence-corrected chi connectivity index (χ4v) is 8.00. The predicted octanol–water partition coefficient (Wildman–Crippen LogP) is 8.32. The number of aromatic carboxylic acids is 1. The number of hydrogen-bond donors (Lipinski definition) is 1. The largest absolute Gasteiger partial charge is 0.477 e. The molecule has 0 atom stereocenters. The van der Waals surface area contributed by atoms with Crippen LogP contribution < -0.4 is 0 Å². The van der Waals surface area contributed by atoms with Crippen molar-refractivity contribution in [1.29, 1.82) is 0 Å². The molecule has 1 N–H and O–H groups in total. The molecule has 0 aliphatic carbocycles. The minimum atomic E-state index is -0.772. The lowest BCUT2D eigenvalue weighted by Crippen LogP contribution is -1.98. The van der Waals surface area contributed by atoms with Gasteiger partial charge in [-0.2, -0.15) is 0 Å². The van der Waals surface area contributed by atoms with Gasteiger partial charge in [-0.25, -0.2) is 4.79 Å². The minimum absolute atomic E-state index is 0.551. The van der Waals surface area contributed by atoms with Crippen LogP contribution >= 0.6 is 49.9 Å². The summed E-state index contributed by atoms with van der Waals surface area (Å²) >= 11 is 8.52. The zero-order chi connectivity index (χ0) is 17.8. The summed E-state index contributed by atoms with van der Waals surface area (Å²) < 4.78 is 6.01. The highest BCUT2D eigenvalue weighted by Crippen LogP contribution is 2.48. The Balaban J connectivity index is 1.67. The third-order valence-corrected chi connectivity index (χ3v) is 9.64. The van der Waals surface area contributed by atoms with E-state index in [2.05, 4.69) is 28.2 Å². The summed E-state index contributed by atoms with van der Waals surface area (Å²) in [7, 11) is 0. The van der Waals surface area contributed by atoms with Crippen LogP contribution in [0.2, 0.25) is 0 Å². The lowest BCUT2D eigenvalue weighted by atomic mass is 10.0. The maximum atomic E-state index is 11.7. The third kappa shape index (κ3) is 4.29. The fraction of sp³-hybridized carbons (Fsp3) is 0.526. The number of carbonyl (C=O) groups is 1. The van der Waals surface area contributed by atoms with E-state index < -0.39 is 5.97 Å². The third-order valence-electron chi connectivity index (χ3n) is 4.55. The molecule has 0 spiro atoms. The monoisotopic (exact) mass is 458 g/mol. The number of unbranched alkanes of at least 4 members (excludes halogenated alkanes) is 7. The highest BCUT2D eigenvalue weighted by molar-refractivity contribution is 9.10. The molecule has 0 aromatic carbocycles. The molecule has 0 saturated carbocycles. The average Bonchev–Trinajstić information content (AvgIpc) is 3.22. The van der Waals surface area contributed by atoms with E-state index >= 15 is 0 Å². The minimum Gasteiger partial charge on any atom is -0.477 e. The van der Waals surface area contributed by atoms with E-state index in [1.54, 1.807) is 22.7 Å². The van der Waals surface area contributed by atoms with Gasteiger partial charge in [0.25, 0.3) is 0 Å². The van der Waals surface area contributed by atoms with Crippen LogP contribution in [0.4, 0.5) is 0 Å². The second-order valence-electron chi connectivity index (χ2n) is 6.44. The molecule has 2 nitrogen and oxygen atoms in total. The van der Waals surface area contributed by atoms with Crippen molar-refractivity contribution >= 4 is 74.7 Å². The maximum Gasteiger partial charge on any atom is 0.346 e. The second-order valence-corrected chi connectivity index (χ2v) is 10.2. The first-order valence-electron chi connectivity index (χ1n) is 8.97. The molecule has 6 heteroatoms. The molecule has 0 bridgehead atoms. The van der Waals surface area contributed by atoms with Crippen LogP contribution in [0.1, 0.15) is 73.5 Å². The zero-order valence-corrected chi connectivity index (χ0v) is 18.4. The first kappa shape index (κ1) is 19.3. The summed E-state index contributed by atoms with van der Waals surface area (Å²) in [6, 6.07) is 0. The summed E-state index contributed by atoms with van der Waals surface area (Å²) in [6.45, 7) is 2.24. The van der Waals surface area contributed by atoms with Crippen LogP contribution in [0.5, 0.6) is 0 Å². The molecule has 3 heterocycles. The van der Waals surface area contributed by atoms with Gasteiger partial charge in [0.1, 0.15) is 4.88 Å². The number of aryl methyl sites for hydroxylation is 1. The lowest BCUT2D eigenvalue weighted by Gasteiger charge is -2.03. The van der Waals surface area contributed by atoms with Crippen LogP contribution in [0.15, 0.2) is 9.85 Å². The normalized spacial score (nSPS) is 11.8. The van der Waals surface area contributed by atoms with Crippen LogP contribution in [-0.2, 0) is 6.42 Å². The van der Waals surface area contributed by atoms with E-state index in [1.165, 1.54) is 75.1 Å². The Morgan fingerprint density at radius 2 is 1.64 bits per heavy atom. The van der Waals surface area contributed by atoms with Crippen LogP contribution in [-0.4, -0.2) is 11.1 Å². The molecule has 0 saturated heterocycles. The van der Waals surface area contributed by atoms with Crippen molar-refractivity contribution in [3.63, 3.8) is 0 Å². The van der Waals surface area contributed by atoms with E-state index in [1.807, 2.05) is 0 Å². The van der Waals surface area contributed by atoms with Gasteiger partial charge >= 0.3 is 5.97 Å². The van der Waals surface area contributed by atoms with E-state index in [0.717, 1.165) is 22.9 Å². The molecule has 0 radical (unpaired) electrons. The number of halogens is 1. The zero-order valence-electron chi connectivity index (χ0n) is 14.4. The standard InChI is InChI=1S/C19H23BrO2S3/c1-2-3-4-5-6-7-8-9-10-12-14-18(25-15(12)19(21)22)17-16(24-14)13(20)11-23-17/h11H,2-10H2,1H3,(H,21,22). The second kappa shape index (κ2) is 8.98. The average molecular weight is 459 g/mol. The quantitative estimate of drug-likeness (QED) is 0.310. The van der Waals surface area contributed by atoms with Gasteiger partial charge in [0.2, 0.25) is 0 Å². The molecule has 3 aromatic heterocycles. The number of fused-ring (bicyclic) bond motifs is 3. The van der Waals surface area contributed by atoms with Crippen molar-refractivity contribution in [2.45, 2.75) is 64.7 Å². The first-order chi connectivity index (χ1) is 12.1. The number of rotatable bonds is 10. The molecule has 25 heavy (non-hydrogen) atoms. The number of hydrogen-bond acceptors (Lipinski definition) is 4. The smallest absolute Gasteiger partial charge is 0.346 e. The summed E-state index contributed by atoms with van der Waals surface area (Å²) in [5, 5.41) is 11.7. The maximum absolute atomic E-state index is 11.7. The van der Waals surface area contributed by atoms with Crippen molar-refractivity contribution in [1.82, 2.24) is 0 Å². The van der Waals surface area contributed by atoms with Gasteiger partial charge in [-0.15, -0.1) is 34.0 Å². The van der Waals surface area contributed by atoms with Crippen molar-refractivity contribution in [3.05, 3.63) is 20.3 Å². The summed E-state index contributed by atoms with van der Waals surface area (Å²) in [5.74, 6) is -0.772. The van der Waals surface area contributed by atoms with Crippen molar-refractivity contribution in [2.24, 2.45) is 0 Å². The molecule has 0 amide bonds. The number of thiophene rings is 3. The summed E-state index contributed by atoms with van der Waals surface area (Å²) in [4.78, 5) is 12.2. The van der Waals surface area contributed by atoms with E-state index in [-0.39, 0.29) is 0 Å². The van der Waals surface area contributed by atoms with E-state index in [4.69, 9.17) is 0 Å². The molecule has 3 rings (SSSR count). The Morgan fingerprint density at radius 3 is 2.32 bits per heavy atom. The first-order valence-corrected chi connectivity index (χ1v) is 12.3. The highest BCUT2D eigenvalue weighted by Gasteiger charge is 2.22. The molecule has 3 aromatic rings. The van der Waals surface area contributed by atoms with Gasteiger partial charge in [-0.05, 0) is 34.3 Å². The van der Waals surface area contributed by atoms with Crippen molar-refractivity contribution in [3.8, 4) is 0 Å². The van der Waals surface area contributed by atoms with Gasteiger partial charge in [0, 0.05) is 9.85 Å². The van der Waals surface area contributed by atoms with Crippen LogP contribution in [0, 0.1) is 0 Å².